The predicted molar refractivity (Wildman–Crippen MR) is 106 cm³/mol. The Labute approximate surface area is 160 Å². The molecule has 1 unspecified atom stereocenters. The fraction of sp³-hybridized carbons (Fsp3) is 0.500. The van der Waals surface area contributed by atoms with Crippen LogP contribution in [0.15, 0.2) is 29.0 Å². The number of hydrogen-bond acceptors (Lipinski definition) is 6. The van der Waals surface area contributed by atoms with E-state index in [1.165, 1.54) is 0 Å². The first-order valence-corrected chi connectivity index (χ1v) is 9.28. The van der Waals surface area contributed by atoms with Crippen LogP contribution < -0.4 is 5.32 Å². The van der Waals surface area contributed by atoms with Crippen molar-refractivity contribution in [2.24, 2.45) is 0 Å². The van der Waals surface area contributed by atoms with Gasteiger partial charge in [-0.15, -0.1) is 0 Å². The fourth-order valence-corrected chi connectivity index (χ4v) is 2.77. The van der Waals surface area contributed by atoms with Crippen LogP contribution in [0, 0.1) is 6.92 Å². The van der Waals surface area contributed by atoms with E-state index in [2.05, 4.69) is 59.4 Å². The summed E-state index contributed by atoms with van der Waals surface area (Å²) in [5.41, 5.74) is 2.96. The maximum absolute atomic E-state index is 5.39. The molecule has 0 aliphatic heterocycles. The van der Waals surface area contributed by atoms with Crippen LogP contribution in [0.25, 0.3) is 11.5 Å². The molecule has 144 valence electrons. The van der Waals surface area contributed by atoms with Gasteiger partial charge in [-0.1, -0.05) is 19.0 Å². The number of pyridine rings is 1. The van der Waals surface area contributed by atoms with Crippen LogP contribution in [0.1, 0.15) is 70.6 Å². The molecule has 3 heterocycles. The fourth-order valence-electron chi connectivity index (χ4n) is 2.77. The molecule has 0 spiro atoms. The zero-order valence-corrected chi connectivity index (χ0v) is 17.1. The van der Waals surface area contributed by atoms with Gasteiger partial charge in [-0.3, -0.25) is 4.68 Å². The van der Waals surface area contributed by atoms with E-state index in [1.807, 2.05) is 37.6 Å². The van der Waals surface area contributed by atoms with Crippen molar-refractivity contribution in [3.05, 3.63) is 41.6 Å². The minimum atomic E-state index is -0.0486. The Bertz CT molecular complexity index is 919. The number of aromatic nitrogens is 5. The first-order chi connectivity index (χ1) is 12.6. The van der Waals surface area contributed by atoms with Gasteiger partial charge in [0.25, 0.3) is 5.89 Å². The maximum atomic E-state index is 5.39. The summed E-state index contributed by atoms with van der Waals surface area (Å²) in [6, 6.07) is 3.87. The third-order valence-corrected chi connectivity index (χ3v) is 4.42. The van der Waals surface area contributed by atoms with Crippen molar-refractivity contribution in [2.45, 2.75) is 66.0 Å². The van der Waals surface area contributed by atoms with E-state index < -0.39 is 0 Å². The molecular weight excluding hydrogens is 340 g/mol. The van der Waals surface area contributed by atoms with Gasteiger partial charge in [0.1, 0.15) is 5.82 Å². The second kappa shape index (κ2) is 7.13. The Morgan fingerprint density at radius 2 is 1.93 bits per heavy atom. The second-order valence-corrected chi connectivity index (χ2v) is 8.19. The molecule has 3 aromatic rings. The average Bonchev–Trinajstić information content (AvgIpc) is 3.21. The molecule has 7 heteroatoms. The number of aryl methyl sites for hydroxylation is 1. The standard InChI is InChI=1S/C20H28N6O/c1-12(2)18-23-19(27-25-18)15-8-9-21-17(10-15)22-13(3)16-11-26(20(5,6)7)24-14(16)4/h8-13H,1-7H3,(H,21,22). The molecule has 0 aliphatic carbocycles. The summed E-state index contributed by atoms with van der Waals surface area (Å²) in [6.07, 6.45) is 3.85. The average molecular weight is 368 g/mol. The molecule has 0 aliphatic rings. The van der Waals surface area contributed by atoms with Crippen molar-refractivity contribution >= 4 is 5.82 Å². The van der Waals surface area contributed by atoms with Crippen LogP contribution in [0.3, 0.4) is 0 Å². The number of hydrogen-bond donors (Lipinski definition) is 1. The number of nitrogens with zero attached hydrogens (tertiary/aromatic N) is 5. The predicted octanol–water partition coefficient (Wildman–Crippen LogP) is 4.69. The van der Waals surface area contributed by atoms with Crippen molar-refractivity contribution in [3.8, 4) is 11.5 Å². The molecule has 0 bridgehead atoms. The van der Waals surface area contributed by atoms with Crippen molar-refractivity contribution in [3.63, 3.8) is 0 Å². The van der Waals surface area contributed by atoms with Crippen LogP contribution in [0.2, 0.25) is 0 Å². The van der Waals surface area contributed by atoms with Crippen LogP contribution in [0.5, 0.6) is 0 Å². The van der Waals surface area contributed by atoms with E-state index in [0.717, 1.165) is 22.6 Å². The summed E-state index contributed by atoms with van der Waals surface area (Å²) in [5, 5.41) is 12.1. The van der Waals surface area contributed by atoms with E-state index in [9.17, 15) is 0 Å². The van der Waals surface area contributed by atoms with Crippen LogP contribution in [-0.4, -0.2) is 24.9 Å². The highest BCUT2D eigenvalue weighted by atomic mass is 16.5. The molecule has 0 aromatic carbocycles. The normalized spacial score (nSPS) is 13.2. The molecule has 0 radical (unpaired) electrons. The van der Waals surface area contributed by atoms with E-state index in [-0.39, 0.29) is 17.5 Å². The van der Waals surface area contributed by atoms with Crippen molar-refractivity contribution in [1.82, 2.24) is 24.9 Å². The molecule has 0 saturated heterocycles. The lowest BCUT2D eigenvalue weighted by molar-refractivity contribution is 0.354. The molecule has 3 rings (SSSR count). The first kappa shape index (κ1) is 19.1. The minimum absolute atomic E-state index is 0.0486. The van der Waals surface area contributed by atoms with Crippen molar-refractivity contribution in [2.75, 3.05) is 5.32 Å². The monoisotopic (exact) mass is 368 g/mol. The summed E-state index contributed by atoms with van der Waals surface area (Å²) in [6.45, 7) is 14.6. The summed E-state index contributed by atoms with van der Waals surface area (Å²) < 4.78 is 7.39. The lowest BCUT2D eigenvalue weighted by Gasteiger charge is -2.19. The largest absolute Gasteiger partial charge is 0.363 e. The topological polar surface area (TPSA) is 81.7 Å². The van der Waals surface area contributed by atoms with Crippen LogP contribution in [0.4, 0.5) is 5.82 Å². The summed E-state index contributed by atoms with van der Waals surface area (Å²) in [4.78, 5) is 8.89. The van der Waals surface area contributed by atoms with Gasteiger partial charge in [0.05, 0.1) is 17.3 Å². The summed E-state index contributed by atoms with van der Waals surface area (Å²) in [7, 11) is 0. The van der Waals surface area contributed by atoms with Crippen molar-refractivity contribution < 1.29 is 4.52 Å². The van der Waals surface area contributed by atoms with Crippen molar-refractivity contribution in [1.29, 1.82) is 0 Å². The van der Waals surface area contributed by atoms with E-state index >= 15 is 0 Å². The van der Waals surface area contributed by atoms with Gasteiger partial charge < -0.3 is 9.84 Å². The van der Waals surface area contributed by atoms with Crippen LogP contribution in [-0.2, 0) is 5.54 Å². The highest BCUT2D eigenvalue weighted by Gasteiger charge is 2.20. The highest BCUT2D eigenvalue weighted by Crippen LogP contribution is 2.26. The molecule has 7 nitrogen and oxygen atoms in total. The Morgan fingerprint density at radius 3 is 2.52 bits per heavy atom. The smallest absolute Gasteiger partial charge is 0.258 e. The Kier molecular flexibility index (Phi) is 5.04. The van der Waals surface area contributed by atoms with Gasteiger partial charge >= 0.3 is 0 Å². The Hall–Kier alpha value is -2.70. The molecular formula is C20H28N6O. The summed E-state index contributed by atoms with van der Waals surface area (Å²) in [5.74, 6) is 2.19. The summed E-state index contributed by atoms with van der Waals surface area (Å²) >= 11 is 0. The Morgan fingerprint density at radius 1 is 1.19 bits per heavy atom. The molecule has 0 fully saturated rings. The molecule has 27 heavy (non-hydrogen) atoms. The molecule has 3 aromatic heterocycles. The third kappa shape index (κ3) is 4.18. The second-order valence-electron chi connectivity index (χ2n) is 8.19. The van der Waals surface area contributed by atoms with E-state index in [4.69, 9.17) is 4.52 Å². The van der Waals surface area contributed by atoms with Gasteiger partial charge in [-0.25, -0.2) is 4.98 Å². The zero-order valence-electron chi connectivity index (χ0n) is 17.1. The first-order valence-electron chi connectivity index (χ1n) is 9.28. The van der Waals surface area contributed by atoms with Gasteiger partial charge in [-0.2, -0.15) is 10.1 Å². The minimum Gasteiger partial charge on any atom is -0.363 e. The third-order valence-electron chi connectivity index (χ3n) is 4.42. The van der Waals surface area contributed by atoms with E-state index in [0.29, 0.717) is 11.7 Å². The molecule has 1 N–H and O–H groups in total. The SMILES string of the molecule is Cc1nn(C(C)(C)C)cc1C(C)Nc1cc(-c2nc(C(C)C)no2)ccn1. The van der Waals surface area contributed by atoms with Gasteiger partial charge in [0, 0.05) is 29.4 Å². The number of anilines is 1. The van der Waals surface area contributed by atoms with Crippen LogP contribution >= 0.6 is 0 Å². The quantitative estimate of drug-likeness (QED) is 0.704. The maximum Gasteiger partial charge on any atom is 0.258 e. The lowest BCUT2D eigenvalue weighted by Crippen LogP contribution is -2.22. The molecule has 0 saturated carbocycles. The Balaban J connectivity index is 1.81. The van der Waals surface area contributed by atoms with E-state index in [1.54, 1.807) is 6.20 Å². The zero-order chi connectivity index (χ0) is 19.8. The highest BCUT2D eigenvalue weighted by molar-refractivity contribution is 5.58. The van der Waals surface area contributed by atoms with Gasteiger partial charge in [-0.05, 0) is 46.8 Å². The number of rotatable bonds is 5. The molecule has 0 amide bonds. The molecule has 1 atom stereocenters. The lowest BCUT2D eigenvalue weighted by atomic mass is 10.1. The van der Waals surface area contributed by atoms with Gasteiger partial charge in [0.15, 0.2) is 5.82 Å². The van der Waals surface area contributed by atoms with Gasteiger partial charge in [0.2, 0.25) is 0 Å². The number of nitrogens with one attached hydrogen (secondary N) is 1.